The summed E-state index contributed by atoms with van der Waals surface area (Å²) in [6.45, 7) is 4.86. The third-order valence-corrected chi connectivity index (χ3v) is 4.23. The van der Waals surface area contributed by atoms with E-state index in [1.807, 2.05) is 32.0 Å². The average molecular weight is 339 g/mol. The number of aromatic carboxylic acids is 1. The van der Waals surface area contributed by atoms with Gasteiger partial charge in [0.05, 0.1) is 17.2 Å². The maximum Gasteiger partial charge on any atom is 0.335 e. The highest BCUT2D eigenvalue weighted by atomic mass is 16.5. The minimum Gasteiger partial charge on any atom is -0.490 e. The third kappa shape index (κ3) is 3.65. The lowest BCUT2D eigenvalue weighted by Gasteiger charge is -2.29. The highest BCUT2D eigenvalue weighted by molar-refractivity contribution is 5.97. The standard InChI is InChI=1S/C20H21NO4/c1-13(2)25-18-6-4-3-5-17(18)19(22)21-10-9-14-7-8-15(20(23)24)11-16(14)12-21/h3-8,11,13H,9-10,12H2,1-2H3,(H,23,24). The van der Waals surface area contributed by atoms with E-state index in [1.54, 1.807) is 29.2 Å². The molecule has 5 heteroatoms. The summed E-state index contributed by atoms with van der Waals surface area (Å²) in [6, 6.07) is 12.4. The molecule has 1 aliphatic heterocycles. The number of carbonyl (C=O) groups excluding carboxylic acids is 1. The molecule has 2 aromatic carbocycles. The predicted octanol–water partition coefficient (Wildman–Crippen LogP) is 3.37. The number of carboxylic acid groups (broad SMARTS) is 1. The Kier molecular flexibility index (Phi) is 4.74. The molecule has 0 aliphatic carbocycles. The number of ether oxygens (including phenoxy) is 1. The first kappa shape index (κ1) is 17.0. The van der Waals surface area contributed by atoms with Crippen LogP contribution in [-0.4, -0.2) is 34.5 Å². The number of nitrogens with zero attached hydrogens (tertiary/aromatic N) is 1. The molecule has 5 nitrogen and oxygen atoms in total. The van der Waals surface area contributed by atoms with Gasteiger partial charge in [-0.2, -0.15) is 0 Å². The normalized spacial score (nSPS) is 13.5. The Balaban J connectivity index is 1.85. The average Bonchev–Trinajstić information content (AvgIpc) is 2.60. The van der Waals surface area contributed by atoms with E-state index in [2.05, 4.69) is 0 Å². The third-order valence-electron chi connectivity index (χ3n) is 4.23. The molecule has 0 saturated heterocycles. The first-order chi connectivity index (χ1) is 12.0. The molecule has 0 aromatic heterocycles. The number of amides is 1. The summed E-state index contributed by atoms with van der Waals surface area (Å²) in [6.07, 6.45) is 0.697. The molecular weight excluding hydrogens is 318 g/mol. The van der Waals surface area contributed by atoms with E-state index < -0.39 is 5.97 Å². The number of benzene rings is 2. The van der Waals surface area contributed by atoms with Crippen LogP contribution in [0.4, 0.5) is 0 Å². The van der Waals surface area contributed by atoms with Gasteiger partial charge >= 0.3 is 5.97 Å². The van der Waals surface area contributed by atoms with Crippen molar-refractivity contribution in [2.75, 3.05) is 6.54 Å². The quantitative estimate of drug-likeness (QED) is 0.927. The van der Waals surface area contributed by atoms with Gasteiger partial charge < -0.3 is 14.7 Å². The summed E-state index contributed by atoms with van der Waals surface area (Å²) >= 11 is 0. The minimum atomic E-state index is -0.957. The molecular formula is C20H21NO4. The summed E-state index contributed by atoms with van der Waals surface area (Å²) in [7, 11) is 0. The van der Waals surface area contributed by atoms with Crippen molar-refractivity contribution in [1.82, 2.24) is 4.90 Å². The molecule has 2 aromatic rings. The van der Waals surface area contributed by atoms with Crippen molar-refractivity contribution in [1.29, 1.82) is 0 Å². The van der Waals surface area contributed by atoms with Crippen LogP contribution in [0.15, 0.2) is 42.5 Å². The summed E-state index contributed by atoms with van der Waals surface area (Å²) in [4.78, 5) is 25.9. The zero-order valence-electron chi connectivity index (χ0n) is 14.4. The molecule has 0 unspecified atom stereocenters. The Morgan fingerprint density at radius 3 is 2.60 bits per heavy atom. The van der Waals surface area contributed by atoms with E-state index in [4.69, 9.17) is 9.84 Å². The lowest BCUT2D eigenvalue weighted by atomic mass is 9.97. The highest BCUT2D eigenvalue weighted by Gasteiger charge is 2.24. The number of carbonyl (C=O) groups is 2. The molecule has 25 heavy (non-hydrogen) atoms. The minimum absolute atomic E-state index is 0.0193. The SMILES string of the molecule is CC(C)Oc1ccccc1C(=O)N1CCc2ccc(C(=O)O)cc2C1. The predicted molar refractivity (Wildman–Crippen MR) is 94.1 cm³/mol. The van der Waals surface area contributed by atoms with Crippen LogP contribution >= 0.6 is 0 Å². The van der Waals surface area contributed by atoms with Crippen molar-refractivity contribution in [2.45, 2.75) is 32.9 Å². The van der Waals surface area contributed by atoms with Gasteiger partial charge in [-0.1, -0.05) is 18.2 Å². The molecule has 130 valence electrons. The Hall–Kier alpha value is -2.82. The number of carboxylic acids is 1. The molecule has 0 fully saturated rings. The number of hydrogen-bond donors (Lipinski definition) is 1. The molecule has 0 saturated carbocycles. The van der Waals surface area contributed by atoms with E-state index in [-0.39, 0.29) is 17.6 Å². The largest absolute Gasteiger partial charge is 0.490 e. The van der Waals surface area contributed by atoms with E-state index in [1.165, 1.54) is 0 Å². The molecule has 0 spiro atoms. The number of hydrogen-bond acceptors (Lipinski definition) is 3. The smallest absolute Gasteiger partial charge is 0.335 e. The van der Waals surface area contributed by atoms with Gasteiger partial charge in [-0.15, -0.1) is 0 Å². The van der Waals surface area contributed by atoms with Gasteiger partial charge in [0.2, 0.25) is 0 Å². The fraction of sp³-hybridized carbons (Fsp3) is 0.300. The molecule has 1 heterocycles. The van der Waals surface area contributed by atoms with Crippen molar-refractivity contribution >= 4 is 11.9 Å². The Morgan fingerprint density at radius 1 is 1.12 bits per heavy atom. The molecule has 0 atom stereocenters. The lowest BCUT2D eigenvalue weighted by molar-refractivity contribution is 0.0696. The van der Waals surface area contributed by atoms with E-state index in [9.17, 15) is 9.59 Å². The van der Waals surface area contributed by atoms with Crippen molar-refractivity contribution < 1.29 is 19.4 Å². The fourth-order valence-corrected chi connectivity index (χ4v) is 3.03. The van der Waals surface area contributed by atoms with E-state index >= 15 is 0 Å². The van der Waals surface area contributed by atoms with Gasteiger partial charge in [0.25, 0.3) is 5.91 Å². The van der Waals surface area contributed by atoms with Crippen LogP contribution in [0.1, 0.15) is 45.7 Å². The number of fused-ring (bicyclic) bond motifs is 1. The molecule has 1 aliphatic rings. The van der Waals surface area contributed by atoms with E-state index in [0.29, 0.717) is 30.8 Å². The first-order valence-corrected chi connectivity index (χ1v) is 8.35. The van der Waals surface area contributed by atoms with Gasteiger partial charge in [-0.05, 0) is 55.7 Å². The van der Waals surface area contributed by atoms with Gasteiger partial charge in [-0.3, -0.25) is 4.79 Å². The molecule has 1 amide bonds. The maximum atomic E-state index is 13.0. The summed E-state index contributed by atoms with van der Waals surface area (Å²) < 4.78 is 5.75. The number of para-hydroxylation sites is 1. The Labute approximate surface area is 146 Å². The van der Waals surface area contributed by atoms with Crippen LogP contribution in [0.2, 0.25) is 0 Å². The van der Waals surface area contributed by atoms with Crippen LogP contribution in [0.3, 0.4) is 0 Å². The van der Waals surface area contributed by atoms with Crippen molar-refractivity contribution in [2.24, 2.45) is 0 Å². The monoisotopic (exact) mass is 339 g/mol. The second kappa shape index (κ2) is 6.97. The van der Waals surface area contributed by atoms with Crippen molar-refractivity contribution in [3.63, 3.8) is 0 Å². The number of rotatable bonds is 4. The highest BCUT2D eigenvalue weighted by Crippen LogP contribution is 2.26. The summed E-state index contributed by atoms with van der Waals surface area (Å²) in [5, 5.41) is 9.16. The molecule has 0 radical (unpaired) electrons. The van der Waals surface area contributed by atoms with E-state index in [0.717, 1.165) is 11.1 Å². The van der Waals surface area contributed by atoms with Crippen molar-refractivity contribution in [3.8, 4) is 5.75 Å². The van der Waals surface area contributed by atoms with Crippen LogP contribution in [0.5, 0.6) is 5.75 Å². The van der Waals surface area contributed by atoms with Crippen LogP contribution in [-0.2, 0) is 13.0 Å². The van der Waals surface area contributed by atoms with Gasteiger partial charge in [0, 0.05) is 13.1 Å². The van der Waals surface area contributed by atoms with Gasteiger partial charge in [0.1, 0.15) is 5.75 Å². The molecule has 1 N–H and O–H groups in total. The zero-order chi connectivity index (χ0) is 18.0. The van der Waals surface area contributed by atoms with Crippen LogP contribution in [0, 0.1) is 0 Å². The maximum absolute atomic E-state index is 13.0. The topological polar surface area (TPSA) is 66.8 Å². The summed E-state index contributed by atoms with van der Waals surface area (Å²) in [5.74, 6) is -0.475. The second-order valence-corrected chi connectivity index (χ2v) is 6.43. The Bertz CT molecular complexity index is 813. The summed E-state index contributed by atoms with van der Waals surface area (Å²) in [5.41, 5.74) is 2.77. The van der Waals surface area contributed by atoms with Crippen LogP contribution < -0.4 is 4.74 Å². The van der Waals surface area contributed by atoms with Gasteiger partial charge in [0.15, 0.2) is 0 Å². The molecule has 3 rings (SSSR count). The Morgan fingerprint density at radius 2 is 1.88 bits per heavy atom. The van der Waals surface area contributed by atoms with Gasteiger partial charge in [-0.25, -0.2) is 4.79 Å². The zero-order valence-corrected chi connectivity index (χ0v) is 14.4. The van der Waals surface area contributed by atoms with Crippen LogP contribution in [0.25, 0.3) is 0 Å². The lowest BCUT2D eigenvalue weighted by Crippen LogP contribution is -2.36. The van der Waals surface area contributed by atoms with Crippen molar-refractivity contribution in [3.05, 3.63) is 64.7 Å². The first-order valence-electron chi connectivity index (χ1n) is 8.35. The second-order valence-electron chi connectivity index (χ2n) is 6.43. The fourth-order valence-electron chi connectivity index (χ4n) is 3.03. The molecule has 0 bridgehead atoms.